The van der Waals surface area contributed by atoms with Crippen LogP contribution in [0.5, 0.6) is 0 Å². The van der Waals surface area contributed by atoms with Crippen molar-refractivity contribution in [1.29, 1.82) is 0 Å². The molecule has 0 heterocycles. The van der Waals surface area contributed by atoms with Crippen LogP contribution in [0.4, 0.5) is 18.9 Å². The number of halogens is 5. The molecule has 210 valence electrons. The number of carbonyl (C=O) groups is 2. The van der Waals surface area contributed by atoms with E-state index in [9.17, 15) is 31.2 Å². The molecule has 0 aliphatic heterocycles. The van der Waals surface area contributed by atoms with Crippen LogP contribution in [-0.2, 0) is 32.3 Å². The van der Waals surface area contributed by atoms with E-state index in [0.29, 0.717) is 22.5 Å². The minimum Gasteiger partial charge on any atom is -0.354 e. The Labute approximate surface area is 230 Å². The number of alkyl halides is 3. The number of hydrogen-bond acceptors (Lipinski definition) is 4. The Morgan fingerprint density at radius 2 is 1.71 bits per heavy atom. The van der Waals surface area contributed by atoms with E-state index in [4.69, 9.17) is 23.2 Å². The summed E-state index contributed by atoms with van der Waals surface area (Å²) >= 11 is 12.1. The number of sulfonamides is 1. The Kier molecular flexibility index (Phi) is 10.9. The third kappa shape index (κ3) is 8.78. The number of hydrogen-bond donors (Lipinski definition) is 1. The summed E-state index contributed by atoms with van der Waals surface area (Å²) in [6.45, 7) is 4.90. The van der Waals surface area contributed by atoms with Crippen LogP contribution in [0.2, 0.25) is 10.0 Å². The van der Waals surface area contributed by atoms with Gasteiger partial charge in [0, 0.05) is 13.1 Å². The highest BCUT2D eigenvalue weighted by molar-refractivity contribution is 7.92. The van der Waals surface area contributed by atoms with E-state index in [2.05, 4.69) is 5.32 Å². The highest BCUT2D eigenvalue weighted by Crippen LogP contribution is 2.32. The van der Waals surface area contributed by atoms with Gasteiger partial charge in [-0.2, -0.15) is 13.2 Å². The summed E-state index contributed by atoms with van der Waals surface area (Å²) in [5.74, 6) is -1.10. The summed E-state index contributed by atoms with van der Waals surface area (Å²) < 4.78 is 65.6. The molecule has 1 atom stereocenters. The van der Waals surface area contributed by atoms with Crippen LogP contribution in [0.15, 0.2) is 42.5 Å². The zero-order chi connectivity index (χ0) is 28.8. The lowest BCUT2D eigenvalue weighted by Crippen LogP contribution is -2.52. The van der Waals surface area contributed by atoms with E-state index in [1.165, 1.54) is 23.1 Å². The van der Waals surface area contributed by atoms with Crippen LogP contribution in [-0.4, -0.2) is 50.5 Å². The molecule has 7 nitrogen and oxygen atoms in total. The van der Waals surface area contributed by atoms with Gasteiger partial charge in [-0.1, -0.05) is 56.1 Å². The first kappa shape index (κ1) is 31.7. The molecule has 2 rings (SSSR count). The number of nitrogens with zero attached hydrogens (tertiary/aromatic N) is 2. The molecule has 0 aliphatic rings. The van der Waals surface area contributed by atoms with E-state index in [0.717, 1.165) is 18.4 Å². The van der Waals surface area contributed by atoms with E-state index < -0.39 is 46.2 Å². The summed E-state index contributed by atoms with van der Waals surface area (Å²) in [4.78, 5) is 27.8. The largest absolute Gasteiger partial charge is 0.416 e. The van der Waals surface area contributed by atoms with Gasteiger partial charge in [-0.15, -0.1) is 0 Å². The topological polar surface area (TPSA) is 86.8 Å². The van der Waals surface area contributed by atoms with Gasteiger partial charge in [0.15, 0.2) is 0 Å². The van der Waals surface area contributed by atoms with Gasteiger partial charge in [-0.05, 0) is 48.2 Å². The summed E-state index contributed by atoms with van der Waals surface area (Å²) in [7, 11) is -4.19. The summed E-state index contributed by atoms with van der Waals surface area (Å²) in [6.07, 6.45) is -3.74. The predicted molar refractivity (Wildman–Crippen MR) is 143 cm³/mol. The normalized spacial score (nSPS) is 12.8. The van der Waals surface area contributed by atoms with Gasteiger partial charge in [0.05, 0.1) is 27.6 Å². The molecule has 2 aromatic carbocycles. The Morgan fingerprint density at radius 1 is 1.05 bits per heavy atom. The van der Waals surface area contributed by atoms with Gasteiger partial charge in [-0.25, -0.2) is 8.42 Å². The molecule has 1 unspecified atom stereocenters. The van der Waals surface area contributed by atoms with E-state index in [-0.39, 0.29) is 34.6 Å². The number of amides is 2. The molecule has 0 spiro atoms. The Morgan fingerprint density at radius 3 is 2.24 bits per heavy atom. The Hall–Kier alpha value is -2.50. The van der Waals surface area contributed by atoms with Crippen LogP contribution < -0.4 is 9.62 Å². The third-order valence-electron chi connectivity index (χ3n) is 5.55. The molecular formula is C25H30Cl2F3N3O4S. The molecule has 0 radical (unpaired) electrons. The van der Waals surface area contributed by atoms with Crippen molar-refractivity contribution in [3.63, 3.8) is 0 Å². The molecule has 0 saturated heterocycles. The van der Waals surface area contributed by atoms with Gasteiger partial charge >= 0.3 is 6.18 Å². The second-order valence-corrected chi connectivity index (χ2v) is 11.9. The van der Waals surface area contributed by atoms with Crippen molar-refractivity contribution >= 4 is 50.7 Å². The molecule has 13 heteroatoms. The van der Waals surface area contributed by atoms with Crippen LogP contribution in [0.3, 0.4) is 0 Å². The lowest BCUT2D eigenvalue weighted by molar-refractivity contribution is -0.140. The fourth-order valence-electron chi connectivity index (χ4n) is 3.63. The highest BCUT2D eigenvalue weighted by Gasteiger charge is 2.34. The zero-order valence-electron chi connectivity index (χ0n) is 21.4. The number of rotatable bonds is 11. The van der Waals surface area contributed by atoms with Crippen molar-refractivity contribution in [2.45, 2.75) is 46.0 Å². The monoisotopic (exact) mass is 595 g/mol. The van der Waals surface area contributed by atoms with Gasteiger partial charge in [-0.3, -0.25) is 13.9 Å². The highest BCUT2D eigenvalue weighted by atomic mass is 35.5. The van der Waals surface area contributed by atoms with Gasteiger partial charge in [0.2, 0.25) is 21.8 Å². The van der Waals surface area contributed by atoms with Crippen LogP contribution in [0, 0.1) is 5.92 Å². The molecule has 38 heavy (non-hydrogen) atoms. The quantitative estimate of drug-likeness (QED) is 0.379. The lowest BCUT2D eigenvalue weighted by atomic mass is 10.1. The minimum atomic E-state index is -4.72. The first-order valence-corrected chi connectivity index (χ1v) is 14.3. The van der Waals surface area contributed by atoms with Crippen LogP contribution in [0.25, 0.3) is 0 Å². The number of benzene rings is 2. The maximum Gasteiger partial charge on any atom is 0.416 e. The lowest BCUT2D eigenvalue weighted by Gasteiger charge is -2.33. The number of carbonyl (C=O) groups excluding carboxylic acids is 2. The molecule has 2 amide bonds. The maximum absolute atomic E-state index is 13.6. The average Bonchev–Trinajstić information content (AvgIpc) is 2.81. The van der Waals surface area contributed by atoms with Crippen molar-refractivity contribution in [2.75, 3.05) is 23.7 Å². The maximum atomic E-state index is 13.6. The van der Waals surface area contributed by atoms with Gasteiger partial charge in [0.1, 0.15) is 12.6 Å². The van der Waals surface area contributed by atoms with Gasteiger partial charge in [0.25, 0.3) is 0 Å². The fraction of sp³-hybridized carbons (Fsp3) is 0.440. The molecule has 0 aliphatic carbocycles. The summed E-state index contributed by atoms with van der Waals surface area (Å²) in [5.41, 5.74) is -0.876. The third-order valence-corrected chi connectivity index (χ3v) is 7.43. The molecule has 2 aromatic rings. The number of anilines is 1. The van der Waals surface area contributed by atoms with Crippen LogP contribution >= 0.6 is 23.2 Å². The minimum absolute atomic E-state index is 0.122. The molecular weight excluding hydrogens is 566 g/mol. The Balaban J connectivity index is 2.50. The van der Waals surface area contributed by atoms with E-state index in [1.54, 1.807) is 13.0 Å². The van der Waals surface area contributed by atoms with Crippen molar-refractivity contribution < 1.29 is 31.2 Å². The first-order chi connectivity index (χ1) is 17.5. The van der Waals surface area contributed by atoms with Crippen molar-refractivity contribution in [3.05, 3.63) is 63.6 Å². The second kappa shape index (κ2) is 13.0. The predicted octanol–water partition coefficient (Wildman–Crippen LogP) is 5.36. The molecule has 0 fully saturated rings. The fourth-order valence-corrected chi connectivity index (χ4v) is 4.79. The SMILES string of the molecule is CCC(C(=O)NCC(C)C)N(Cc1ccc(Cl)c(Cl)c1)C(=O)CN(c1cccc(C(F)(F)F)c1)S(C)(=O)=O. The standard InChI is InChI=1S/C25H30Cl2F3N3O4S/c1-5-22(24(35)31-13-16(2)3)32(14-17-9-10-20(26)21(27)11-17)23(34)15-33(38(4,36)37)19-8-6-7-18(12-19)25(28,29)30/h6-12,16,22H,5,13-15H2,1-4H3,(H,31,35). The van der Waals surface area contributed by atoms with E-state index >= 15 is 0 Å². The molecule has 0 bridgehead atoms. The van der Waals surface area contributed by atoms with Crippen molar-refractivity contribution in [1.82, 2.24) is 10.2 Å². The van der Waals surface area contributed by atoms with Crippen LogP contribution in [0.1, 0.15) is 38.3 Å². The van der Waals surface area contributed by atoms with Crippen molar-refractivity contribution in [3.8, 4) is 0 Å². The smallest absolute Gasteiger partial charge is 0.354 e. The van der Waals surface area contributed by atoms with Gasteiger partial charge < -0.3 is 10.2 Å². The molecule has 1 N–H and O–H groups in total. The molecule has 0 aromatic heterocycles. The first-order valence-electron chi connectivity index (χ1n) is 11.7. The summed E-state index contributed by atoms with van der Waals surface area (Å²) in [5, 5.41) is 3.28. The zero-order valence-corrected chi connectivity index (χ0v) is 23.7. The summed E-state index contributed by atoms with van der Waals surface area (Å²) in [6, 6.07) is 7.34. The van der Waals surface area contributed by atoms with Crippen molar-refractivity contribution in [2.24, 2.45) is 5.92 Å². The molecule has 0 saturated carbocycles. The van der Waals surface area contributed by atoms with E-state index in [1.807, 2.05) is 13.8 Å². The number of nitrogens with one attached hydrogen (secondary N) is 1. The Bertz CT molecular complexity index is 1260. The average molecular weight is 596 g/mol. The second-order valence-electron chi connectivity index (χ2n) is 9.15.